The van der Waals surface area contributed by atoms with Crippen LogP contribution in [0.25, 0.3) is 0 Å². The van der Waals surface area contributed by atoms with Gasteiger partial charge in [-0.1, -0.05) is 0 Å². The zero-order valence-electron chi connectivity index (χ0n) is 12.0. The van der Waals surface area contributed by atoms with Crippen LogP contribution in [0.3, 0.4) is 0 Å². The first kappa shape index (κ1) is 16.5. The highest BCUT2D eigenvalue weighted by Crippen LogP contribution is 2.22. The van der Waals surface area contributed by atoms with Crippen LogP contribution in [0.15, 0.2) is 24.3 Å². The van der Waals surface area contributed by atoms with Crippen LogP contribution in [0.5, 0.6) is 5.75 Å². The molecule has 1 aromatic rings. The van der Waals surface area contributed by atoms with E-state index in [0.717, 1.165) is 24.3 Å². The van der Waals surface area contributed by atoms with Gasteiger partial charge in [-0.25, -0.2) is 13.1 Å². The van der Waals surface area contributed by atoms with Crippen LogP contribution in [0, 0.1) is 5.92 Å². The third-order valence-corrected chi connectivity index (χ3v) is 5.79. The Kier molecular flexibility index (Phi) is 6.20. The fourth-order valence-corrected chi connectivity index (χ4v) is 4.24. The lowest BCUT2D eigenvalue weighted by molar-refractivity contribution is 0.340. The van der Waals surface area contributed by atoms with E-state index in [1.54, 1.807) is 24.3 Å². The molecule has 5 nitrogen and oxygen atoms in total. The molecule has 118 valence electrons. The smallest absolute Gasteiger partial charge is 0.214 e. The lowest BCUT2D eigenvalue weighted by Gasteiger charge is -2.21. The molecule has 1 fully saturated rings. The molecule has 1 aromatic carbocycles. The van der Waals surface area contributed by atoms with Crippen LogP contribution in [-0.2, 0) is 10.0 Å². The van der Waals surface area contributed by atoms with Crippen LogP contribution in [0.2, 0.25) is 0 Å². The van der Waals surface area contributed by atoms with Gasteiger partial charge >= 0.3 is 0 Å². The maximum atomic E-state index is 11.9. The van der Waals surface area contributed by atoms with Gasteiger partial charge in [-0.05, 0) is 54.5 Å². The Morgan fingerprint density at radius 3 is 2.57 bits per heavy atom. The average molecular weight is 330 g/mol. The molecule has 1 heterocycles. The average Bonchev–Trinajstić information content (AvgIpc) is 2.48. The third-order valence-electron chi connectivity index (χ3n) is 3.43. The number of ether oxygens (including phenoxy) is 1. The standard InChI is InChI=1S/C14H22N2O3S2/c15-13-1-3-14(4-2-13)19-7-10-21(17,18)16-11-12-5-8-20-9-6-12/h1-4,12,16H,5-11,15H2. The number of benzene rings is 1. The number of nitrogens with two attached hydrogens (primary N) is 1. The zero-order valence-corrected chi connectivity index (χ0v) is 13.6. The number of hydrogen-bond donors (Lipinski definition) is 2. The second-order valence-corrected chi connectivity index (χ2v) is 8.29. The lowest BCUT2D eigenvalue weighted by Crippen LogP contribution is -2.34. The molecule has 0 spiro atoms. The Morgan fingerprint density at radius 1 is 1.24 bits per heavy atom. The van der Waals surface area contributed by atoms with E-state index in [2.05, 4.69) is 4.72 Å². The van der Waals surface area contributed by atoms with Crippen LogP contribution >= 0.6 is 11.8 Å². The molecule has 1 aliphatic heterocycles. The fraction of sp³-hybridized carbons (Fsp3) is 0.571. The minimum Gasteiger partial charge on any atom is -0.492 e. The van der Waals surface area contributed by atoms with E-state index < -0.39 is 10.0 Å². The van der Waals surface area contributed by atoms with Gasteiger partial charge < -0.3 is 10.5 Å². The van der Waals surface area contributed by atoms with Crippen LogP contribution in [-0.4, -0.2) is 38.8 Å². The van der Waals surface area contributed by atoms with Crippen molar-refractivity contribution in [1.29, 1.82) is 0 Å². The molecule has 3 N–H and O–H groups in total. The van der Waals surface area contributed by atoms with Gasteiger partial charge in [0.25, 0.3) is 0 Å². The quantitative estimate of drug-likeness (QED) is 0.744. The van der Waals surface area contributed by atoms with Crippen molar-refractivity contribution in [3.05, 3.63) is 24.3 Å². The summed E-state index contributed by atoms with van der Waals surface area (Å²) in [6.07, 6.45) is 2.18. The van der Waals surface area contributed by atoms with Crippen LogP contribution < -0.4 is 15.2 Å². The van der Waals surface area contributed by atoms with Crippen molar-refractivity contribution in [3.63, 3.8) is 0 Å². The highest BCUT2D eigenvalue weighted by Gasteiger charge is 2.17. The summed E-state index contributed by atoms with van der Waals surface area (Å²) in [5.41, 5.74) is 6.23. The Bertz CT molecular complexity index is 526. The van der Waals surface area contributed by atoms with Gasteiger partial charge in [-0.15, -0.1) is 0 Å². The first-order valence-corrected chi connectivity index (χ1v) is 9.89. The van der Waals surface area contributed by atoms with Gasteiger partial charge in [0, 0.05) is 12.2 Å². The molecule has 7 heteroatoms. The topological polar surface area (TPSA) is 81.4 Å². The number of hydrogen-bond acceptors (Lipinski definition) is 5. The van der Waals surface area contributed by atoms with E-state index >= 15 is 0 Å². The number of rotatable bonds is 7. The Hall–Kier alpha value is -0.920. The maximum absolute atomic E-state index is 11.9. The van der Waals surface area contributed by atoms with Crippen molar-refractivity contribution in [2.75, 3.05) is 36.1 Å². The fourth-order valence-electron chi connectivity index (χ4n) is 2.10. The van der Waals surface area contributed by atoms with Crippen molar-refractivity contribution in [1.82, 2.24) is 4.72 Å². The summed E-state index contributed by atoms with van der Waals surface area (Å²) in [5.74, 6) is 3.33. The van der Waals surface area contributed by atoms with Crippen molar-refractivity contribution in [2.45, 2.75) is 12.8 Å². The number of nitrogen functional groups attached to an aromatic ring is 1. The van der Waals surface area contributed by atoms with Gasteiger partial charge in [0.1, 0.15) is 12.4 Å². The van der Waals surface area contributed by atoms with Gasteiger partial charge in [0.2, 0.25) is 10.0 Å². The predicted octanol–water partition coefficient (Wildman–Crippen LogP) is 1.71. The summed E-state index contributed by atoms with van der Waals surface area (Å²) in [4.78, 5) is 0. The molecule has 0 amide bonds. The number of sulfonamides is 1. The predicted molar refractivity (Wildman–Crippen MR) is 88.2 cm³/mol. The zero-order chi connectivity index (χ0) is 15.1. The second-order valence-electron chi connectivity index (χ2n) is 5.14. The largest absolute Gasteiger partial charge is 0.492 e. The molecule has 1 aliphatic rings. The van der Waals surface area contributed by atoms with Crippen molar-refractivity contribution in [2.24, 2.45) is 5.92 Å². The molecule has 0 aromatic heterocycles. The van der Waals surface area contributed by atoms with Gasteiger partial charge in [-0.2, -0.15) is 11.8 Å². The number of anilines is 1. The number of thioether (sulfide) groups is 1. The molecule has 0 atom stereocenters. The molecule has 0 radical (unpaired) electrons. The molecule has 0 unspecified atom stereocenters. The van der Waals surface area contributed by atoms with Crippen molar-refractivity contribution in [3.8, 4) is 5.75 Å². The molecular formula is C14H22N2O3S2. The van der Waals surface area contributed by atoms with Gasteiger partial charge in [-0.3, -0.25) is 0 Å². The van der Waals surface area contributed by atoms with Gasteiger partial charge in [0.05, 0.1) is 5.75 Å². The van der Waals surface area contributed by atoms with E-state index in [1.165, 1.54) is 0 Å². The van der Waals surface area contributed by atoms with E-state index in [1.807, 2.05) is 11.8 Å². The van der Waals surface area contributed by atoms with E-state index in [0.29, 0.717) is 23.9 Å². The molecule has 0 aliphatic carbocycles. The summed E-state index contributed by atoms with van der Waals surface area (Å²) in [7, 11) is -3.27. The van der Waals surface area contributed by atoms with Crippen molar-refractivity contribution >= 4 is 27.5 Å². The highest BCUT2D eigenvalue weighted by molar-refractivity contribution is 7.99. The Balaban J connectivity index is 1.69. The minimum absolute atomic E-state index is 0.0289. The normalized spacial score (nSPS) is 16.8. The SMILES string of the molecule is Nc1ccc(OCCS(=O)(=O)NCC2CCSCC2)cc1. The Morgan fingerprint density at radius 2 is 1.90 bits per heavy atom. The third kappa shape index (κ3) is 6.15. The Labute approximate surface area is 130 Å². The highest BCUT2D eigenvalue weighted by atomic mass is 32.2. The first-order chi connectivity index (χ1) is 10.1. The number of nitrogens with one attached hydrogen (secondary N) is 1. The maximum Gasteiger partial charge on any atom is 0.214 e. The lowest BCUT2D eigenvalue weighted by atomic mass is 10.0. The summed E-state index contributed by atoms with van der Waals surface area (Å²) in [6.45, 7) is 0.685. The van der Waals surface area contributed by atoms with E-state index in [4.69, 9.17) is 10.5 Å². The minimum atomic E-state index is -3.27. The molecule has 2 rings (SSSR count). The van der Waals surface area contributed by atoms with Crippen LogP contribution in [0.4, 0.5) is 5.69 Å². The summed E-state index contributed by atoms with van der Waals surface area (Å²) < 4.78 is 31.9. The molecule has 0 saturated carbocycles. The van der Waals surface area contributed by atoms with E-state index in [-0.39, 0.29) is 12.4 Å². The summed E-state index contributed by atoms with van der Waals surface area (Å²) in [6, 6.07) is 6.91. The van der Waals surface area contributed by atoms with Gasteiger partial charge in [0.15, 0.2) is 0 Å². The van der Waals surface area contributed by atoms with E-state index in [9.17, 15) is 8.42 Å². The van der Waals surface area contributed by atoms with Crippen LogP contribution in [0.1, 0.15) is 12.8 Å². The van der Waals surface area contributed by atoms with Crippen molar-refractivity contribution < 1.29 is 13.2 Å². The second kappa shape index (κ2) is 7.91. The summed E-state index contributed by atoms with van der Waals surface area (Å²) >= 11 is 1.94. The molecule has 21 heavy (non-hydrogen) atoms. The summed E-state index contributed by atoms with van der Waals surface area (Å²) in [5, 5.41) is 0. The first-order valence-electron chi connectivity index (χ1n) is 7.08. The molecule has 1 saturated heterocycles. The molecular weight excluding hydrogens is 308 g/mol. The molecule has 0 bridgehead atoms. The monoisotopic (exact) mass is 330 g/mol.